The molecule has 4 rings (SSSR count). The molecule has 11 heteroatoms. The van der Waals surface area contributed by atoms with E-state index in [2.05, 4.69) is 0 Å². The maximum Gasteiger partial charge on any atom is 0.343 e. The van der Waals surface area contributed by atoms with Crippen LogP contribution in [0, 0.1) is 10.1 Å². The van der Waals surface area contributed by atoms with Gasteiger partial charge in [0.15, 0.2) is 0 Å². The third-order valence-electron chi connectivity index (χ3n) is 4.91. The van der Waals surface area contributed by atoms with Crippen LogP contribution in [0.2, 0.25) is 10.0 Å². The van der Waals surface area contributed by atoms with Crippen molar-refractivity contribution in [2.75, 3.05) is 0 Å². The molecule has 0 radical (unpaired) electrons. The Morgan fingerprint density at radius 2 is 1.71 bits per heavy atom. The molecule has 0 atom stereocenters. The first-order chi connectivity index (χ1) is 16.7. The summed E-state index contributed by atoms with van der Waals surface area (Å²) in [6.07, 6.45) is 1.50. The highest BCUT2D eigenvalue weighted by Gasteiger charge is 2.35. The molecule has 1 aliphatic rings. The molecule has 1 fully saturated rings. The molecule has 0 aromatic heterocycles. The maximum atomic E-state index is 12.9. The van der Waals surface area contributed by atoms with Gasteiger partial charge in [-0.05, 0) is 53.7 Å². The monoisotopic (exact) mass is 528 g/mol. The molecular formula is C24H14Cl2N2O6S. The Balaban J connectivity index is 1.51. The molecule has 0 N–H and O–H groups in total. The Morgan fingerprint density at radius 1 is 1.03 bits per heavy atom. The fourth-order valence-corrected chi connectivity index (χ4v) is 4.56. The number of non-ortho nitro benzene ring substituents is 1. The number of amides is 2. The number of rotatable bonds is 6. The zero-order valence-electron chi connectivity index (χ0n) is 17.6. The minimum atomic E-state index is -0.775. The van der Waals surface area contributed by atoms with Crippen LogP contribution in [0.3, 0.4) is 0 Å². The van der Waals surface area contributed by atoms with Gasteiger partial charge in [-0.2, -0.15) is 0 Å². The quantitative estimate of drug-likeness (QED) is 0.120. The molecular weight excluding hydrogens is 515 g/mol. The highest BCUT2D eigenvalue weighted by atomic mass is 35.5. The Kier molecular flexibility index (Phi) is 7.20. The van der Waals surface area contributed by atoms with Crippen LogP contribution < -0.4 is 4.74 Å². The third-order valence-corrected chi connectivity index (χ3v) is 6.53. The lowest BCUT2D eigenvalue weighted by Crippen LogP contribution is -2.27. The van der Waals surface area contributed by atoms with Crippen molar-refractivity contribution in [2.45, 2.75) is 6.54 Å². The Hall–Kier alpha value is -3.66. The first kappa shape index (κ1) is 24.5. The first-order valence-electron chi connectivity index (χ1n) is 9.98. The highest BCUT2D eigenvalue weighted by Crippen LogP contribution is 2.36. The van der Waals surface area contributed by atoms with Crippen molar-refractivity contribution < 1.29 is 24.0 Å². The summed E-state index contributed by atoms with van der Waals surface area (Å²) >= 11 is 13.1. The Bertz CT molecular complexity index is 1390. The molecule has 3 aromatic rings. The molecule has 1 heterocycles. The summed E-state index contributed by atoms with van der Waals surface area (Å²) in [5.74, 6) is -1.12. The summed E-state index contributed by atoms with van der Waals surface area (Å²) < 4.78 is 5.33. The summed E-state index contributed by atoms with van der Waals surface area (Å²) in [6.45, 7) is -0.0681. The lowest BCUT2D eigenvalue weighted by molar-refractivity contribution is -0.384. The van der Waals surface area contributed by atoms with Crippen LogP contribution in [0.5, 0.6) is 5.75 Å². The molecule has 8 nitrogen and oxygen atoms in total. The van der Waals surface area contributed by atoms with Crippen LogP contribution in [-0.4, -0.2) is 26.9 Å². The number of nitro benzene ring substituents is 1. The van der Waals surface area contributed by atoms with Crippen LogP contribution in [0.4, 0.5) is 10.5 Å². The molecule has 2 amide bonds. The second kappa shape index (κ2) is 10.3. The van der Waals surface area contributed by atoms with Gasteiger partial charge in [0.25, 0.3) is 16.8 Å². The van der Waals surface area contributed by atoms with Gasteiger partial charge in [-0.1, -0.05) is 47.5 Å². The van der Waals surface area contributed by atoms with Crippen LogP contribution >= 0.6 is 35.0 Å². The molecule has 1 aliphatic heterocycles. The molecule has 35 heavy (non-hydrogen) atoms. The lowest BCUT2D eigenvalue weighted by atomic mass is 10.1. The molecule has 0 bridgehead atoms. The van der Waals surface area contributed by atoms with Gasteiger partial charge in [0.2, 0.25) is 0 Å². The second-order valence-electron chi connectivity index (χ2n) is 7.24. The fraction of sp³-hybridized carbons (Fsp3) is 0.0417. The van der Waals surface area contributed by atoms with E-state index >= 15 is 0 Å². The number of thioether (sulfide) groups is 1. The molecule has 0 unspecified atom stereocenters. The summed E-state index contributed by atoms with van der Waals surface area (Å²) in [6, 6.07) is 16.4. The van der Waals surface area contributed by atoms with E-state index in [-0.39, 0.29) is 28.5 Å². The molecule has 1 saturated heterocycles. The average Bonchev–Trinajstić information content (AvgIpc) is 3.08. The molecule has 3 aromatic carbocycles. The lowest BCUT2D eigenvalue weighted by Gasteiger charge is -2.14. The van der Waals surface area contributed by atoms with E-state index in [1.807, 2.05) is 0 Å². The number of nitrogens with zero attached hydrogens (tertiary/aromatic N) is 2. The van der Waals surface area contributed by atoms with Gasteiger partial charge in [0.1, 0.15) is 5.75 Å². The second-order valence-corrected chi connectivity index (χ2v) is 9.05. The predicted molar refractivity (Wildman–Crippen MR) is 132 cm³/mol. The normalized spacial score (nSPS) is 14.5. The van der Waals surface area contributed by atoms with Crippen LogP contribution in [0.25, 0.3) is 6.08 Å². The van der Waals surface area contributed by atoms with Crippen molar-refractivity contribution >= 4 is 63.8 Å². The van der Waals surface area contributed by atoms with Crippen LogP contribution in [0.15, 0.2) is 71.6 Å². The number of imide groups is 1. The molecule has 0 aliphatic carbocycles. The number of nitro groups is 1. The zero-order chi connectivity index (χ0) is 25.1. The smallest absolute Gasteiger partial charge is 0.343 e. The Labute approximate surface area is 213 Å². The zero-order valence-corrected chi connectivity index (χ0v) is 20.0. The first-order valence-corrected chi connectivity index (χ1v) is 11.5. The van der Waals surface area contributed by atoms with Crippen molar-refractivity contribution in [3.63, 3.8) is 0 Å². The largest absolute Gasteiger partial charge is 0.423 e. The number of halogens is 2. The van der Waals surface area contributed by atoms with Crippen molar-refractivity contribution in [3.05, 3.63) is 108 Å². The number of carbonyl (C=O) groups excluding carboxylic acids is 3. The van der Waals surface area contributed by atoms with Gasteiger partial charge in [0, 0.05) is 27.7 Å². The van der Waals surface area contributed by atoms with Gasteiger partial charge in [-0.3, -0.25) is 24.6 Å². The van der Waals surface area contributed by atoms with E-state index < -0.39 is 22.0 Å². The topological polar surface area (TPSA) is 107 Å². The number of ether oxygens (including phenoxy) is 1. The summed E-state index contributed by atoms with van der Waals surface area (Å²) in [5.41, 5.74) is 0.760. The van der Waals surface area contributed by atoms with E-state index in [0.717, 1.165) is 22.7 Å². The number of hydrogen-bond donors (Lipinski definition) is 0. The maximum absolute atomic E-state index is 12.9. The number of carbonyl (C=O) groups is 3. The van der Waals surface area contributed by atoms with E-state index in [4.69, 9.17) is 27.9 Å². The average molecular weight is 529 g/mol. The molecule has 0 spiro atoms. The van der Waals surface area contributed by atoms with E-state index in [1.54, 1.807) is 30.3 Å². The van der Waals surface area contributed by atoms with Gasteiger partial charge < -0.3 is 4.74 Å². The Morgan fingerprint density at radius 3 is 2.43 bits per heavy atom. The van der Waals surface area contributed by atoms with Crippen molar-refractivity contribution in [1.29, 1.82) is 0 Å². The van der Waals surface area contributed by atoms with E-state index in [0.29, 0.717) is 21.2 Å². The molecule has 0 saturated carbocycles. The molecule has 176 valence electrons. The highest BCUT2D eigenvalue weighted by molar-refractivity contribution is 8.18. The van der Waals surface area contributed by atoms with Gasteiger partial charge in [-0.25, -0.2) is 4.79 Å². The summed E-state index contributed by atoms with van der Waals surface area (Å²) in [7, 11) is 0. The van der Waals surface area contributed by atoms with Crippen molar-refractivity contribution in [2.24, 2.45) is 0 Å². The van der Waals surface area contributed by atoms with E-state index in [1.165, 1.54) is 36.4 Å². The predicted octanol–water partition coefficient (Wildman–Crippen LogP) is 6.36. The third kappa shape index (κ3) is 5.54. The van der Waals surface area contributed by atoms with Crippen LogP contribution in [-0.2, 0) is 11.3 Å². The number of hydrogen-bond acceptors (Lipinski definition) is 7. The summed E-state index contributed by atoms with van der Waals surface area (Å²) in [4.78, 5) is 49.3. The number of benzene rings is 3. The minimum absolute atomic E-state index is 0.0176. The van der Waals surface area contributed by atoms with Gasteiger partial charge in [-0.15, -0.1) is 0 Å². The van der Waals surface area contributed by atoms with Crippen molar-refractivity contribution in [1.82, 2.24) is 4.90 Å². The van der Waals surface area contributed by atoms with Crippen LogP contribution in [0.1, 0.15) is 21.5 Å². The minimum Gasteiger partial charge on any atom is -0.423 e. The number of esters is 1. The van der Waals surface area contributed by atoms with Gasteiger partial charge >= 0.3 is 5.97 Å². The van der Waals surface area contributed by atoms with Crippen molar-refractivity contribution in [3.8, 4) is 5.75 Å². The standard InChI is InChI=1S/C24H14Cl2N2O6S/c25-19-8-3-9-20(26)18(19)13-27-22(29)21(35-24(27)31)11-14-4-1-7-17(10-14)34-23(30)15-5-2-6-16(12-15)28(32)33/h1-12H,13H2/b21-11-. The summed E-state index contributed by atoms with van der Waals surface area (Å²) in [5, 5.41) is 11.2. The SMILES string of the molecule is O=C(Oc1cccc(/C=C2\SC(=O)N(Cc3c(Cl)cccc3Cl)C2=O)c1)c1cccc([N+](=O)[O-])c1. The van der Waals surface area contributed by atoms with Gasteiger partial charge in [0.05, 0.1) is 21.9 Å². The van der Waals surface area contributed by atoms with E-state index in [9.17, 15) is 24.5 Å². The fourth-order valence-electron chi connectivity index (χ4n) is 3.21.